The van der Waals surface area contributed by atoms with E-state index in [1.807, 2.05) is 19.9 Å². The Morgan fingerprint density at radius 1 is 1.20 bits per heavy atom. The Labute approximate surface area is 124 Å². The van der Waals surface area contributed by atoms with Gasteiger partial charge in [0.15, 0.2) is 5.16 Å². The maximum atomic E-state index is 10.4. The molecule has 2 aromatic rings. The molecule has 106 valence electrons. The molecule has 0 bridgehead atoms. The first-order valence-electron chi connectivity index (χ1n) is 5.74. The summed E-state index contributed by atoms with van der Waals surface area (Å²) in [6.07, 6.45) is 0. The zero-order chi connectivity index (χ0) is 14.5. The molecule has 0 saturated carbocycles. The highest BCUT2D eigenvalue weighted by atomic mass is 32.2. The summed E-state index contributed by atoms with van der Waals surface area (Å²) in [5.41, 5.74) is 1.85. The Balaban J connectivity index is 1.92. The van der Waals surface area contributed by atoms with Gasteiger partial charge >= 0.3 is 5.97 Å². The molecule has 2 N–H and O–H groups in total. The number of carbonyl (C=O) groups is 1. The molecule has 0 spiro atoms. The number of aliphatic carboxylic acids is 1. The van der Waals surface area contributed by atoms with E-state index in [0.717, 1.165) is 23.1 Å². The van der Waals surface area contributed by atoms with E-state index in [1.54, 1.807) is 0 Å². The quantitative estimate of drug-likeness (QED) is 0.613. The number of carboxylic acids is 1. The lowest BCUT2D eigenvalue weighted by molar-refractivity contribution is -0.133. The monoisotopic (exact) mass is 311 g/mol. The van der Waals surface area contributed by atoms with Gasteiger partial charge in [-0.05, 0) is 19.9 Å². The second kappa shape index (κ2) is 6.71. The van der Waals surface area contributed by atoms with Gasteiger partial charge in [0, 0.05) is 11.4 Å². The summed E-state index contributed by atoms with van der Waals surface area (Å²) >= 11 is 2.54. The minimum Gasteiger partial charge on any atom is -0.481 e. The van der Waals surface area contributed by atoms with Gasteiger partial charge in [0.2, 0.25) is 5.16 Å². The van der Waals surface area contributed by atoms with Crippen LogP contribution in [-0.2, 0) is 10.5 Å². The molecule has 0 aliphatic carbocycles. The summed E-state index contributed by atoms with van der Waals surface area (Å²) in [6.45, 7) is 3.85. The van der Waals surface area contributed by atoms with E-state index in [4.69, 9.17) is 5.11 Å². The van der Waals surface area contributed by atoms with E-state index >= 15 is 0 Å². The van der Waals surface area contributed by atoms with Crippen LogP contribution in [0.25, 0.3) is 0 Å². The van der Waals surface area contributed by atoms with Crippen molar-refractivity contribution in [3.05, 3.63) is 23.3 Å². The molecule has 0 aliphatic heterocycles. The Hall–Kier alpha value is -1.61. The van der Waals surface area contributed by atoms with Crippen LogP contribution in [0.15, 0.2) is 16.4 Å². The van der Waals surface area contributed by atoms with Crippen LogP contribution in [0.5, 0.6) is 0 Å². The van der Waals surface area contributed by atoms with E-state index < -0.39 is 5.97 Å². The SMILES string of the molecule is Cc1cc(C)nc(SCc2nc(SCC(=O)O)n[nH]2)n1. The maximum Gasteiger partial charge on any atom is 0.313 e. The van der Waals surface area contributed by atoms with Gasteiger partial charge in [0.05, 0.1) is 11.5 Å². The Kier molecular flexibility index (Phi) is 4.96. The largest absolute Gasteiger partial charge is 0.481 e. The highest BCUT2D eigenvalue weighted by molar-refractivity contribution is 7.99. The van der Waals surface area contributed by atoms with Gasteiger partial charge in [-0.1, -0.05) is 23.5 Å². The van der Waals surface area contributed by atoms with Crippen LogP contribution in [0.3, 0.4) is 0 Å². The molecule has 0 unspecified atom stereocenters. The number of carboxylic acid groups (broad SMARTS) is 1. The van der Waals surface area contributed by atoms with Crippen LogP contribution in [0.4, 0.5) is 0 Å². The van der Waals surface area contributed by atoms with Crippen molar-refractivity contribution in [1.82, 2.24) is 25.1 Å². The van der Waals surface area contributed by atoms with E-state index in [1.165, 1.54) is 11.8 Å². The Morgan fingerprint density at radius 2 is 1.90 bits per heavy atom. The molecule has 0 saturated heterocycles. The molecule has 20 heavy (non-hydrogen) atoms. The minimum atomic E-state index is -0.889. The smallest absolute Gasteiger partial charge is 0.313 e. The lowest BCUT2D eigenvalue weighted by atomic mass is 10.4. The highest BCUT2D eigenvalue weighted by Gasteiger charge is 2.08. The van der Waals surface area contributed by atoms with Crippen LogP contribution < -0.4 is 0 Å². The van der Waals surface area contributed by atoms with Crippen LogP contribution in [0.1, 0.15) is 17.2 Å². The number of nitrogens with one attached hydrogen (secondary N) is 1. The Bertz CT molecular complexity index is 596. The molecule has 9 heteroatoms. The van der Waals surface area contributed by atoms with Crippen LogP contribution in [0.2, 0.25) is 0 Å². The number of aromatic nitrogens is 5. The topological polar surface area (TPSA) is 105 Å². The summed E-state index contributed by atoms with van der Waals surface area (Å²) in [5.74, 6) is 0.290. The fourth-order valence-electron chi connectivity index (χ4n) is 1.42. The van der Waals surface area contributed by atoms with Gasteiger partial charge in [-0.25, -0.2) is 15.0 Å². The van der Waals surface area contributed by atoms with Crippen molar-refractivity contribution >= 4 is 29.5 Å². The van der Waals surface area contributed by atoms with Crippen molar-refractivity contribution in [2.45, 2.75) is 29.9 Å². The average molecular weight is 311 g/mol. The van der Waals surface area contributed by atoms with Crippen molar-refractivity contribution in [2.24, 2.45) is 0 Å². The standard InChI is InChI=1S/C11H13N5O2S2/c1-6-3-7(2)13-10(12-6)19-4-8-14-11(16-15-8)20-5-9(17)18/h3H,4-5H2,1-2H3,(H,17,18)(H,14,15,16). The van der Waals surface area contributed by atoms with Gasteiger partial charge in [0.1, 0.15) is 5.82 Å². The van der Waals surface area contributed by atoms with Crippen LogP contribution >= 0.6 is 23.5 Å². The lowest BCUT2D eigenvalue weighted by Gasteiger charge is -2.00. The maximum absolute atomic E-state index is 10.4. The summed E-state index contributed by atoms with van der Waals surface area (Å²) in [6, 6.07) is 1.92. The third kappa shape index (κ3) is 4.49. The molecule has 0 fully saturated rings. The molecule has 7 nitrogen and oxygen atoms in total. The van der Waals surface area contributed by atoms with Gasteiger partial charge in [-0.15, -0.1) is 5.10 Å². The van der Waals surface area contributed by atoms with Crippen molar-refractivity contribution in [3.63, 3.8) is 0 Å². The number of H-pyrrole nitrogens is 1. The zero-order valence-electron chi connectivity index (χ0n) is 11.0. The van der Waals surface area contributed by atoms with E-state index in [9.17, 15) is 4.79 Å². The number of hydrogen-bond donors (Lipinski definition) is 2. The molecule has 2 rings (SSSR count). The number of rotatable bonds is 6. The predicted octanol–water partition coefficient (Wildman–Crippen LogP) is 1.68. The minimum absolute atomic E-state index is 0.0510. The predicted molar refractivity (Wildman–Crippen MR) is 75.8 cm³/mol. The second-order valence-corrected chi connectivity index (χ2v) is 5.85. The first-order valence-corrected chi connectivity index (χ1v) is 7.71. The number of aromatic amines is 1. The number of hydrogen-bond acceptors (Lipinski definition) is 7. The van der Waals surface area contributed by atoms with Crippen molar-refractivity contribution < 1.29 is 9.90 Å². The molecule has 0 atom stereocenters. The first kappa shape index (κ1) is 14.8. The van der Waals surface area contributed by atoms with Gasteiger partial charge < -0.3 is 5.11 Å². The summed E-state index contributed by atoms with van der Waals surface area (Å²) < 4.78 is 0. The normalized spacial score (nSPS) is 10.7. The molecular weight excluding hydrogens is 298 g/mol. The number of thioether (sulfide) groups is 2. The van der Waals surface area contributed by atoms with Crippen LogP contribution in [0, 0.1) is 13.8 Å². The van der Waals surface area contributed by atoms with Gasteiger partial charge in [0.25, 0.3) is 0 Å². The fraction of sp³-hybridized carbons (Fsp3) is 0.364. The van der Waals surface area contributed by atoms with Crippen molar-refractivity contribution in [1.29, 1.82) is 0 Å². The Morgan fingerprint density at radius 3 is 2.55 bits per heavy atom. The first-order chi connectivity index (χ1) is 9.52. The van der Waals surface area contributed by atoms with Crippen molar-refractivity contribution in [3.8, 4) is 0 Å². The molecule has 0 amide bonds. The molecule has 2 heterocycles. The van der Waals surface area contributed by atoms with Crippen LogP contribution in [-0.4, -0.2) is 42.0 Å². The third-order valence-corrected chi connectivity index (χ3v) is 3.83. The second-order valence-electron chi connectivity index (χ2n) is 3.97. The molecule has 2 aromatic heterocycles. The molecular formula is C11H13N5O2S2. The van der Waals surface area contributed by atoms with E-state index in [0.29, 0.717) is 21.9 Å². The molecule has 0 radical (unpaired) electrons. The summed E-state index contributed by atoms with van der Waals surface area (Å²) in [5, 5.41) is 16.4. The van der Waals surface area contributed by atoms with E-state index in [2.05, 4.69) is 25.1 Å². The van der Waals surface area contributed by atoms with Gasteiger partial charge in [-0.2, -0.15) is 0 Å². The number of aryl methyl sites for hydroxylation is 2. The highest BCUT2D eigenvalue weighted by Crippen LogP contribution is 2.19. The molecule has 0 aromatic carbocycles. The van der Waals surface area contributed by atoms with Crippen molar-refractivity contribution in [2.75, 3.05) is 5.75 Å². The van der Waals surface area contributed by atoms with E-state index in [-0.39, 0.29) is 5.75 Å². The summed E-state index contributed by atoms with van der Waals surface area (Å²) in [4.78, 5) is 23.3. The summed E-state index contributed by atoms with van der Waals surface area (Å²) in [7, 11) is 0. The van der Waals surface area contributed by atoms with Gasteiger partial charge in [-0.3, -0.25) is 9.89 Å². The fourth-order valence-corrected chi connectivity index (χ4v) is 2.77. The molecule has 0 aliphatic rings. The average Bonchev–Trinajstić information content (AvgIpc) is 2.81. The third-order valence-electron chi connectivity index (χ3n) is 2.14. The lowest BCUT2D eigenvalue weighted by Crippen LogP contribution is -1.97. The number of nitrogens with zero attached hydrogens (tertiary/aromatic N) is 4. The zero-order valence-corrected chi connectivity index (χ0v) is 12.6.